The van der Waals surface area contributed by atoms with Crippen molar-refractivity contribution in [2.45, 2.75) is 58.4 Å². The summed E-state index contributed by atoms with van der Waals surface area (Å²) in [5.74, 6) is 0. The van der Waals surface area contributed by atoms with E-state index in [2.05, 4.69) is 4.90 Å². The lowest BCUT2D eigenvalue weighted by Gasteiger charge is -2.45. The number of halogens is 3. The highest BCUT2D eigenvalue weighted by molar-refractivity contribution is 4.86. The highest BCUT2D eigenvalue weighted by Crippen LogP contribution is 2.27. The highest BCUT2D eigenvalue weighted by Gasteiger charge is 2.38. The van der Waals surface area contributed by atoms with Crippen molar-refractivity contribution in [1.82, 2.24) is 9.80 Å². The van der Waals surface area contributed by atoms with Gasteiger partial charge in [0.1, 0.15) is 0 Å². The van der Waals surface area contributed by atoms with Gasteiger partial charge in [-0.2, -0.15) is 13.2 Å². The van der Waals surface area contributed by atoms with E-state index in [9.17, 15) is 13.2 Å². The SMILES string of the molecule is CC(C)N1CCN(C(C)C)[C@@H](CC(F)(F)F)C1. The maximum Gasteiger partial charge on any atom is 0.390 e. The first-order valence-electron chi connectivity index (χ1n) is 6.27. The Balaban J connectivity index is 2.69. The Morgan fingerprint density at radius 2 is 1.65 bits per heavy atom. The first-order valence-corrected chi connectivity index (χ1v) is 6.27. The van der Waals surface area contributed by atoms with E-state index in [0.29, 0.717) is 12.6 Å². The van der Waals surface area contributed by atoms with Crippen LogP contribution in [0.4, 0.5) is 13.2 Å². The van der Waals surface area contributed by atoms with Crippen LogP contribution in [0.15, 0.2) is 0 Å². The molecule has 0 aromatic carbocycles. The fraction of sp³-hybridized carbons (Fsp3) is 1.00. The highest BCUT2D eigenvalue weighted by atomic mass is 19.4. The number of hydrogen-bond acceptors (Lipinski definition) is 2. The van der Waals surface area contributed by atoms with Crippen molar-refractivity contribution in [3.05, 3.63) is 0 Å². The van der Waals surface area contributed by atoms with Crippen molar-refractivity contribution in [3.8, 4) is 0 Å². The summed E-state index contributed by atoms with van der Waals surface area (Å²) >= 11 is 0. The number of piperazine rings is 1. The maximum absolute atomic E-state index is 12.6. The molecular formula is C12H23F3N2. The molecule has 2 nitrogen and oxygen atoms in total. The number of alkyl halides is 3. The monoisotopic (exact) mass is 252 g/mol. The van der Waals surface area contributed by atoms with Gasteiger partial charge in [0.05, 0.1) is 6.42 Å². The van der Waals surface area contributed by atoms with Crippen LogP contribution in [-0.2, 0) is 0 Å². The topological polar surface area (TPSA) is 6.48 Å². The van der Waals surface area contributed by atoms with Crippen LogP contribution in [-0.4, -0.2) is 53.7 Å². The van der Waals surface area contributed by atoms with Gasteiger partial charge in [0.2, 0.25) is 0 Å². The number of hydrogen-bond donors (Lipinski definition) is 0. The van der Waals surface area contributed by atoms with Crippen molar-refractivity contribution in [2.75, 3.05) is 19.6 Å². The van der Waals surface area contributed by atoms with Gasteiger partial charge >= 0.3 is 6.18 Å². The van der Waals surface area contributed by atoms with Gasteiger partial charge in [-0.25, -0.2) is 0 Å². The third-order valence-electron chi connectivity index (χ3n) is 3.42. The van der Waals surface area contributed by atoms with E-state index in [1.807, 2.05) is 32.6 Å². The van der Waals surface area contributed by atoms with Crippen molar-refractivity contribution < 1.29 is 13.2 Å². The summed E-state index contributed by atoms with van der Waals surface area (Å²) in [5.41, 5.74) is 0. The molecule has 0 aromatic heterocycles. The van der Waals surface area contributed by atoms with Gasteiger partial charge in [-0.1, -0.05) is 0 Å². The zero-order chi connectivity index (χ0) is 13.2. The summed E-state index contributed by atoms with van der Waals surface area (Å²) in [7, 11) is 0. The van der Waals surface area contributed by atoms with Crippen LogP contribution < -0.4 is 0 Å². The van der Waals surface area contributed by atoms with Crippen molar-refractivity contribution >= 4 is 0 Å². The number of nitrogens with zero attached hydrogens (tertiary/aromatic N) is 2. The van der Waals surface area contributed by atoms with Gasteiger partial charge in [0.15, 0.2) is 0 Å². The lowest BCUT2D eigenvalue weighted by molar-refractivity contribution is -0.155. The molecule has 0 spiro atoms. The molecule has 1 aliphatic heterocycles. The van der Waals surface area contributed by atoms with Crippen LogP contribution in [0, 0.1) is 0 Å². The average Bonchev–Trinajstić information content (AvgIpc) is 2.14. The van der Waals surface area contributed by atoms with Crippen LogP contribution >= 0.6 is 0 Å². The first kappa shape index (κ1) is 14.8. The molecule has 0 amide bonds. The second-order valence-corrected chi connectivity index (χ2v) is 5.39. The summed E-state index contributed by atoms with van der Waals surface area (Å²) in [6.45, 7) is 10.1. The minimum Gasteiger partial charge on any atom is -0.298 e. The predicted molar refractivity (Wildman–Crippen MR) is 63.0 cm³/mol. The van der Waals surface area contributed by atoms with Crippen molar-refractivity contribution in [2.24, 2.45) is 0 Å². The summed E-state index contributed by atoms with van der Waals surface area (Å²) in [6, 6.07) is 0.0999. The fourth-order valence-electron chi connectivity index (χ4n) is 2.49. The molecule has 0 saturated carbocycles. The smallest absolute Gasteiger partial charge is 0.298 e. The van der Waals surface area contributed by atoms with E-state index in [1.54, 1.807) is 0 Å². The van der Waals surface area contributed by atoms with Crippen LogP contribution in [0.3, 0.4) is 0 Å². The Morgan fingerprint density at radius 1 is 1.06 bits per heavy atom. The Labute approximate surface area is 102 Å². The van der Waals surface area contributed by atoms with Crippen molar-refractivity contribution in [1.29, 1.82) is 0 Å². The quantitative estimate of drug-likeness (QED) is 0.762. The standard InChI is InChI=1S/C12H23F3N2/c1-9(2)16-5-6-17(10(3)4)11(8-16)7-12(13,14)15/h9-11H,5-8H2,1-4H3/t11-/m0/s1. The van der Waals surface area contributed by atoms with E-state index in [-0.39, 0.29) is 6.04 Å². The van der Waals surface area contributed by atoms with E-state index in [0.717, 1.165) is 13.1 Å². The molecule has 0 aromatic rings. The molecule has 0 radical (unpaired) electrons. The third kappa shape index (κ3) is 4.47. The van der Waals surface area contributed by atoms with Crippen LogP contribution in [0.2, 0.25) is 0 Å². The van der Waals surface area contributed by atoms with E-state index in [4.69, 9.17) is 0 Å². The molecule has 1 rings (SSSR count). The lowest BCUT2D eigenvalue weighted by atomic mass is 10.0. The van der Waals surface area contributed by atoms with Gasteiger partial charge in [-0.05, 0) is 27.7 Å². The molecule has 1 saturated heterocycles. The van der Waals surface area contributed by atoms with Gasteiger partial charge < -0.3 is 0 Å². The molecule has 1 aliphatic rings. The summed E-state index contributed by atoms with van der Waals surface area (Å²) in [4.78, 5) is 4.11. The van der Waals surface area contributed by atoms with Crippen LogP contribution in [0.1, 0.15) is 34.1 Å². The van der Waals surface area contributed by atoms with Gasteiger partial charge in [0.25, 0.3) is 0 Å². The third-order valence-corrected chi connectivity index (χ3v) is 3.42. The molecule has 1 heterocycles. The Hall–Kier alpha value is -0.290. The zero-order valence-corrected chi connectivity index (χ0v) is 11.1. The normalized spacial score (nSPS) is 24.9. The number of rotatable bonds is 3. The molecule has 5 heteroatoms. The lowest BCUT2D eigenvalue weighted by Crippen LogP contribution is -2.57. The fourth-order valence-corrected chi connectivity index (χ4v) is 2.49. The molecule has 102 valence electrons. The largest absolute Gasteiger partial charge is 0.390 e. The predicted octanol–water partition coefficient (Wildman–Crippen LogP) is 2.74. The zero-order valence-electron chi connectivity index (χ0n) is 11.1. The summed E-state index contributed by atoms with van der Waals surface area (Å²) < 4.78 is 37.7. The second kappa shape index (κ2) is 5.57. The van der Waals surface area contributed by atoms with Crippen LogP contribution in [0.25, 0.3) is 0 Å². The molecule has 0 bridgehead atoms. The van der Waals surface area contributed by atoms with Crippen molar-refractivity contribution in [3.63, 3.8) is 0 Å². The van der Waals surface area contributed by atoms with Gasteiger partial charge in [-0.3, -0.25) is 9.80 Å². The summed E-state index contributed by atoms with van der Waals surface area (Å²) in [5, 5.41) is 0. The van der Waals surface area contributed by atoms with Gasteiger partial charge in [-0.15, -0.1) is 0 Å². The first-order chi connectivity index (χ1) is 7.70. The Morgan fingerprint density at radius 3 is 2.06 bits per heavy atom. The molecule has 0 aliphatic carbocycles. The van der Waals surface area contributed by atoms with E-state index < -0.39 is 18.6 Å². The van der Waals surface area contributed by atoms with E-state index in [1.165, 1.54) is 0 Å². The average molecular weight is 252 g/mol. The molecule has 1 fully saturated rings. The summed E-state index contributed by atoms with van der Waals surface area (Å²) in [6.07, 6.45) is -4.77. The van der Waals surface area contributed by atoms with E-state index >= 15 is 0 Å². The molecular weight excluding hydrogens is 229 g/mol. The second-order valence-electron chi connectivity index (χ2n) is 5.39. The molecule has 0 N–H and O–H groups in total. The molecule has 0 unspecified atom stereocenters. The van der Waals surface area contributed by atoms with Crippen LogP contribution in [0.5, 0.6) is 0 Å². The molecule has 1 atom stereocenters. The molecule has 17 heavy (non-hydrogen) atoms. The Kier molecular flexibility index (Phi) is 4.84. The minimum absolute atomic E-state index is 0.177. The Bertz CT molecular complexity index is 238. The minimum atomic E-state index is -4.07. The van der Waals surface area contributed by atoms with Gasteiger partial charge in [0, 0.05) is 37.8 Å². The maximum atomic E-state index is 12.6.